The zero-order valence-electron chi connectivity index (χ0n) is 13.7. The van der Waals surface area contributed by atoms with Gasteiger partial charge in [-0.1, -0.05) is 24.3 Å². The number of thioether (sulfide) groups is 1. The van der Waals surface area contributed by atoms with E-state index in [1.165, 1.54) is 11.1 Å². The zero-order chi connectivity index (χ0) is 15.9. The van der Waals surface area contributed by atoms with Crippen LogP contribution in [0.4, 0.5) is 0 Å². The Morgan fingerprint density at radius 1 is 1.35 bits per heavy atom. The third-order valence-electron chi connectivity index (χ3n) is 4.61. The van der Waals surface area contributed by atoms with E-state index in [1.54, 1.807) is 0 Å². The molecule has 0 aliphatic carbocycles. The molecule has 2 N–H and O–H groups in total. The predicted octanol–water partition coefficient (Wildman–Crippen LogP) is 1.65. The van der Waals surface area contributed by atoms with Crippen molar-refractivity contribution in [3.63, 3.8) is 0 Å². The molecule has 1 aromatic carbocycles. The van der Waals surface area contributed by atoms with Crippen molar-refractivity contribution in [3.8, 4) is 0 Å². The van der Waals surface area contributed by atoms with Crippen LogP contribution in [0.1, 0.15) is 24.0 Å². The molecule has 0 bridgehead atoms. The maximum absolute atomic E-state index is 12.0. The maximum atomic E-state index is 12.0. The summed E-state index contributed by atoms with van der Waals surface area (Å²) < 4.78 is 0. The minimum atomic E-state index is 0.189. The normalized spacial score (nSPS) is 21.7. The molecule has 1 fully saturated rings. The number of nitrogens with one attached hydrogen (secondary N) is 2. The van der Waals surface area contributed by atoms with Gasteiger partial charge >= 0.3 is 0 Å². The molecular weight excluding hydrogens is 306 g/mol. The van der Waals surface area contributed by atoms with Crippen molar-refractivity contribution in [3.05, 3.63) is 35.4 Å². The Hall–Kier alpha value is -1.04. The average molecular weight is 334 g/mol. The lowest BCUT2D eigenvalue weighted by atomic mass is 10.00. The molecule has 0 saturated carbocycles. The summed E-state index contributed by atoms with van der Waals surface area (Å²) in [4.78, 5) is 14.4. The molecule has 1 atom stereocenters. The van der Waals surface area contributed by atoms with Gasteiger partial charge in [0.1, 0.15) is 0 Å². The molecule has 1 saturated heterocycles. The van der Waals surface area contributed by atoms with Crippen LogP contribution < -0.4 is 10.6 Å². The fourth-order valence-electron chi connectivity index (χ4n) is 3.32. The molecule has 0 spiro atoms. The quantitative estimate of drug-likeness (QED) is 0.777. The maximum Gasteiger partial charge on any atom is 0.221 e. The van der Waals surface area contributed by atoms with Crippen LogP contribution in [0.5, 0.6) is 0 Å². The number of hydrogen-bond acceptors (Lipinski definition) is 4. The highest BCUT2D eigenvalue weighted by Crippen LogP contribution is 2.18. The molecule has 4 nitrogen and oxygen atoms in total. The van der Waals surface area contributed by atoms with Gasteiger partial charge in [0.05, 0.1) is 0 Å². The number of benzene rings is 1. The van der Waals surface area contributed by atoms with Crippen molar-refractivity contribution in [1.29, 1.82) is 0 Å². The molecular formula is C18H27N3OS. The molecule has 2 aliphatic rings. The Balaban J connectivity index is 1.30. The van der Waals surface area contributed by atoms with Crippen LogP contribution in [0, 0.1) is 0 Å². The summed E-state index contributed by atoms with van der Waals surface area (Å²) in [5.74, 6) is 2.41. The highest BCUT2D eigenvalue weighted by molar-refractivity contribution is 7.99. The first-order chi connectivity index (χ1) is 11.3. The summed E-state index contributed by atoms with van der Waals surface area (Å²) in [5.41, 5.74) is 2.96. The standard InChI is InChI=1S/C18H27N3OS/c22-18(12-17-14-23-11-8-19-17)20-7-3-9-21-10-6-15-4-1-2-5-16(15)13-21/h1-2,4-5,17,19H,3,6-14H2,(H,20,22). The van der Waals surface area contributed by atoms with Crippen LogP contribution in [-0.2, 0) is 17.8 Å². The van der Waals surface area contributed by atoms with Gasteiger partial charge in [0.15, 0.2) is 0 Å². The largest absolute Gasteiger partial charge is 0.356 e. The SMILES string of the molecule is O=C(CC1CSCCN1)NCCCN1CCc2ccccc2C1. The van der Waals surface area contributed by atoms with Gasteiger partial charge in [0.2, 0.25) is 5.91 Å². The van der Waals surface area contributed by atoms with E-state index in [0.29, 0.717) is 12.5 Å². The predicted molar refractivity (Wildman–Crippen MR) is 96.8 cm³/mol. The van der Waals surface area contributed by atoms with Gasteiger partial charge in [-0.05, 0) is 24.0 Å². The topological polar surface area (TPSA) is 44.4 Å². The highest BCUT2D eigenvalue weighted by atomic mass is 32.2. The van der Waals surface area contributed by atoms with Crippen molar-refractivity contribution >= 4 is 17.7 Å². The van der Waals surface area contributed by atoms with E-state index in [9.17, 15) is 4.79 Å². The van der Waals surface area contributed by atoms with Crippen LogP contribution >= 0.6 is 11.8 Å². The molecule has 1 aromatic rings. The lowest BCUT2D eigenvalue weighted by Gasteiger charge is -2.28. The molecule has 2 aliphatic heterocycles. The van der Waals surface area contributed by atoms with Gasteiger partial charge in [0, 0.05) is 56.7 Å². The van der Waals surface area contributed by atoms with Crippen molar-refractivity contribution in [2.45, 2.75) is 31.8 Å². The van der Waals surface area contributed by atoms with E-state index in [0.717, 1.165) is 57.1 Å². The fraction of sp³-hybridized carbons (Fsp3) is 0.611. The average Bonchev–Trinajstić information content (AvgIpc) is 2.59. The Labute approximate surface area is 143 Å². The summed E-state index contributed by atoms with van der Waals surface area (Å²) in [6, 6.07) is 9.08. The molecule has 1 unspecified atom stereocenters. The van der Waals surface area contributed by atoms with E-state index in [-0.39, 0.29) is 5.91 Å². The van der Waals surface area contributed by atoms with Crippen molar-refractivity contribution in [1.82, 2.24) is 15.5 Å². The Morgan fingerprint density at radius 3 is 3.04 bits per heavy atom. The van der Waals surface area contributed by atoms with Crippen LogP contribution in [-0.4, -0.2) is 54.5 Å². The molecule has 0 aromatic heterocycles. The second-order valence-corrected chi connectivity index (χ2v) is 7.58. The van der Waals surface area contributed by atoms with Gasteiger partial charge in [-0.25, -0.2) is 0 Å². The Bertz CT molecular complexity index is 517. The summed E-state index contributed by atoms with van der Waals surface area (Å²) in [6.07, 6.45) is 2.79. The first-order valence-electron chi connectivity index (χ1n) is 8.68. The Kier molecular flexibility index (Phi) is 6.37. The van der Waals surface area contributed by atoms with Crippen molar-refractivity contribution < 1.29 is 4.79 Å². The number of carbonyl (C=O) groups excluding carboxylic acids is 1. The summed E-state index contributed by atoms with van der Waals surface area (Å²) in [7, 11) is 0. The molecule has 5 heteroatoms. The van der Waals surface area contributed by atoms with E-state index in [1.807, 2.05) is 11.8 Å². The monoisotopic (exact) mass is 333 g/mol. The minimum absolute atomic E-state index is 0.189. The molecule has 0 radical (unpaired) electrons. The third kappa shape index (κ3) is 5.23. The van der Waals surface area contributed by atoms with Crippen LogP contribution in [0.3, 0.4) is 0 Å². The van der Waals surface area contributed by atoms with E-state index < -0.39 is 0 Å². The van der Waals surface area contributed by atoms with Gasteiger partial charge in [0.25, 0.3) is 0 Å². The number of hydrogen-bond donors (Lipinski definition) is 2. The van der Waals surface area contributed by atoms with E-state index >= 15 is 0 Å². The summed E-state index contributed by atoms with van der Waals surface area (Å²) >= 11 is 1.94. The number of fused-ring (bicyclic) bond motifs is 1. The van der Waals surface area contributed by atoms with Gasteiger partial charge in [-0.3, -0.25) is 9.69 Å². The lowest BCUT2D eigenvalue weighted by Crippen LogP contribution is -2.41. The van der Waals surface area contributed by atoms with Gasteiger partial charge in [-0.2, -0.15) is 11.8 Å². The molecule has 126 valence electrons. The lowest BCUT2D eigenvalue weighted by molar-refractivity contribution is -0.121. The Morgan fingerprint density at radius 2 is 2.22 bits per heavy atom. The second kappa shape index (κ2) is 8.71. The molecule has 3 rings (SSSR count). The minimum Gasteiger partial charge on any atom is -0.356 e. The number of rotatable bonds is 6. The number of amides is 1. The highest BCUT2D eigenvalue weighted by Gasteiger charge is 2.17. The third-order valence-corrected chi connectivity index (χ3v) is 5.74. The molecule has 1 amide bonds. The summed E-state index contributed by atoms with van der Waals surface area (Å²) in [5, 5.41) is 6.49. The van der Waals surface area contributed by atoms with Gasteiger partial charge in [-0.15, -0.1) is 0 Å². The van der Waals surface area contributed by atoms with E-state index in [2.05, 4.69) is 39.8 Å². The fourth-order valence-corrected chi connectivity index (χ4v) is 4.27. The molecule has 2 heterocycles. The summed E-state index contributed by atoms with van der Waals surface area (Å²) in [6.45, 7) is 5.06. The first-order valence-corrected chi connectivity index (χ1v) is 9.84. The van der Waals surface area contributed by atoms with Crippen molar-refractivity contribution in [2.75, 3.05) is 37.7 Å². The number of nitrogens with zero attached hydrogens (tertiary/aromatic N) is 1. The molecule has 23 heavy (non-hydrogen) atoms. The second-order valence-electron chi connectivity index (χ2n) is 6.43. The van der Waals surface area contributed by atoms with Gasteiger partial charge < -0.3 is 10.6 Å². The van der Waals surface area contributed by atoms with Crippen molar-refractivity contribution in [2.24, 2.45) is 0 Å². The first kappa shape index (κ1) is 16.8. The van der Waals surface area contributed by atoms with Crippen LogP contribution in [0.15, 0.2) is 24.3 Å². The smallest absolute Gasteiger partial charge is 0.221 e. The zero-order valence-corrected chi connectivity index (χ0v) is 14.5. The van der Waals surface area contributed by atoms with Crippen LogP contribution in [0.25, 0.3) is 0 Å². The van der Waals surface area contributed by atoms with Crippen LogP contribution in [0.2, 0.25) is 0 Å². The number of carbonyl (C=O) groups is 1. The van der Waals surface area contributed by atoms with E-state index in [4.69, 9.17) is 0 Å².